The Morgan fingerprint density at radius 2 is 1.15 bits per heavy atom. The second-order valence-electron chi connectivity index (χ2n) is 11.0. The first-order valence-corrected chi connectivity index (χ1v) is 15.1. The van der Waals surface area contributed by atoms with Crippen molar-refractivity contribution in [1.29, 1.82) is 0 Å². The van der Waals surface area contributed by atoms with E-state index in [1.807, 2.05) is 18.2 Å². The first kappa shape index (κ1) is 30.6. The zero-order chi connectivity index (χ0) is 27.9. The van der Waals surface area contributed by atoms with E-state index in [-0.39, 0.29) is 6.42 Å². The summed E-state index contributed by atoms with van der Waals surface area (Å²) < 4.78 is 20.5. The number of alkyl halides is 1. The van der Waals surface area contributed by atoms with Crippen molar-refractivity contribution < 1.29 is 13.9 Å². The summed E-state index contributed by atoms with van der Waals surface area (Å²) >= 11 is 0. The van der Waals surface area contributed by atoms with Crippen LogP contribution in [0.15, 0.2) is 72.8 Å². The van der Waals surface area contributed by atoms with Gasteiger partial charge >= 0.3 is 5.97 Å². The maximum absolute atomic E-state index is 15.0. The minimum absolute atomic E-state index is 0.197. The molecule has 1 atom stereocenters. The summed E-state index contributed by atoms with van der Waals surface area (Å²) in [6.07, 6.45) is 14.0. The highest BCUT2D eigenvalue weighted by Crippen LogP contribution is 2.33. The van der Waals surface area contributed by atoms with Crippen LogP contribution in [-0.4, -0.2) is 11.6 Å². The van der Waals surface area contributed by atoms with Gasteiger partial charge in [-0.1, -0.05) is 132 Å². The number of benzene rings is 3. The average molecular weight is 531 g/mol. The van der Waals surface area contributed by atoms with Gasteiger partial charge < -0.3 is 4.74 Å². The third kappa shape index (κ3) is 9.95. The molecule has 0 N–H and O–H groups in total. The fraction of sp³-hybridized carbons (Fsp3) is 0.472. The SMILES string of the molecule is CCCCCCCCCC(C)(F)C(=O)Oc1ccc(-c2ccccc2-c2ccc(CCCCCC)cc2)cc1. The van der Waals surface area contributed by atoms with Crippen molar-refractivity contribution in [2.75, 3.05) is 0 Å². The Kier molecular flexibility index (Phi) is 12.7. The number of rotatable bonds is 17. The molecular formula is C36H47FO2. The molecule has 210 valence electrons. The van der Waals surface area contributed by atoms with E-state index in [2.05, 4.69) is 56.3 Å². The molecule has 2 nitrogen and oxygen atoms in total. The van der Waals surface area contributed by atoms with Gasteiger partial charge in [0.15, 0.2) is 0 Å². The highest BCUT2D eigenvalue weighted by Gasteiger charge is 2.34. The van der Waals surface area contributed by atoms with Crippen molar-refractivity contribution in [2.24, 2.45) is 0 Å². The van der Waals surface area contributed by atoms with E-state index in [0.29, 0.717) is 12.2 Å². The molecule has 3 rings (SSSR count). The topological polar surface area (TPSA) is 26.3 Å². The van der Waals surface area contributed by atoms with E-state index >= 15 is 4.39 Å². The molecule has 0 radical (unpaired) electrons. The van der Waals surface area contributed by atoms with Crippen LogP contribution < -0.4 is 4.74 Å². The third-order valence-electron chi connectivity index (χ3n) is 7.56. The molecule has 0 saturated heterocycles. The second-order valence-corrected chi connectivity index (χ2v) is 11.0. The quantitative estimate of drug-likeness (QED) is 0.0985. The number of hydrogen-bond donors (Lipinski definition) is 0. The number of carbonyl (C=O) groups excluding carboxylic acids is 1. The van der Waals surface area contributed by atoms with Gasteiger partial charge in [-0.2, -0.15) is 0 Å². The number of unbranched alkanes of at least 4 members (excludes halogenated alkanes) is 9. The molecule has 0 aliphatic heterocycles. The highest BCUT2D eigenvalue weighted by molar-refractivity contribution is 5.84. The maximum atomic E-state index is 15.0. The van der Waals surface area contributed by atoms with Crippen molar-refractivity contribution in [3.63, 3.8) is 0 Å². The standard InChI is InChI=1S/C36H47FO2/c1-4-6-8-10-11-12-16-28-36(3,37)35(38)39-32-26-24-31(25-27-32)34-19-15-14-18-33(34)30-22-20-29(21-23-30)17-13-9-7-5-2/h14-15,18-27H,4-13,16-17,28H2,1-3H3. The zero-order valence-corrected chi connectivity index (χ0v) is 24.3. The lowest BCUT2D eigenvalue weighted by Gasteiger charge is -2.18. The first-order chi connectivity index (χ1) is 18.9. The van der Waals surface area contributed by atoms with Crippen LogP contribution in [0.2, 0.25) is 0 Å². The molecule has 39 heavy (non-hydrogen) atoms. The molecule has 0 spiro atoms. The molecule has 1 unspecified atom stereocenters. The summed E-state index contributed by atoms with van der Waals surface area (Å²) in [6.45, 7) is 5.78. The predicted octanol–water partition coefficient (Wildman–Crippen LogP) is 10.9. The number of halogens is 1. The van der Waals surface area contributed by atoms with Gasteiger partial charge in [0.05, 0.1) is 0 Å². The summed E-state index contributed by atoms with van der Waals surface area (Å²) in [5.41, 5.74) is 3.88. The normalized spacial score (nSPS) is 12.7. The van der Waals surface area contributed by atoms with Crippen LogP contribution in [0.25, 0.3) is 22.3 Å². The molecule has 0 heterocycles. The van der Waals surface area contributed by atoms with Crippen molar-refractivity contribution >= 4 is 5.97 Å². The first-order valence-electron chi connectivity index (χ1n) is 15.1. The highest BCUT2D eigenvalue weighted by atomic mass is 19.1. The Hall–Kier alpha value is -2.94. The summed E-state index contributed by atoms with van der Waals surface area (Å²) in [4.78, 5) is 12.6. The summed E-state index contributed by atoms with van der Waals surface area (Å²) in [5, 5.41) is 0. The molecule has 0 bridgehead atoms. The molecule has 3 aromatic rings. The van der Waals surface area contributed by atoms with E-state index in [1.54, 1.807) is 12.1 Å². The molecule has 0 aliphatic carbocycles. The fourth-order valence-electron chi connectivity index (χ4n) is 5.03. The van der Waals surface area contributed by atoms with Crippen LogP contribution in [0.1, 0.15) is 103 Å². The van der Waals surface area contributed by atoms with Crippen LogP contribution in [-0.2, 0) is 11.2 Å². The van der Waals surface area contributed by atoms with Gasteiger partial charge in [-0.05, 0) is 72.6 Å². The molecule has 0 fully saturated rings. The van der Waals surface area contributed by atoms with Crippen molar-refractivity contribution in [1.82, 2.24) is 0 Å². The van der Waals surface area contributed by atoms with Gasteiger partial charge in [0.1, 0.15) is 5.75 Å². The zero-order valence-electron chi connectivity index (χ0n) is 24.3. The maximum Gasteiger partial charge on any atom is 0.348 e. The van der Waals surface area contributed by atoms with Crippen molar-refractivity contribution in [3.8, 4) is 28.0 Å². The van der Waals surface area contributed by atoms with Gasteiger partial charge in [-0.15, -0.1) is 0 Å². The van der Waals surface area contributed by atoms with E-state index in [9.17, 15) is 4.79 Å². The number of ether oxygens (including phenoxy) is 1. The molecule has 3 aromatic carbocycles. The van der Waals surface area contributed by atoms with Crippen molar-refractivity contribution in [2.45, 2.75) is 110 Å². The van der Waals surface area contributed by atoms with Gasteiger partial charge in [0.2, 0.25) is 5.67 Å². The van der Waals surface area contributed by atoms with Crippen LogP contribution in [0.4, 0.5) is 4.39 Å². The number of aryl methyl sites for hydroxylation is 1. The Balaban J connectivity index is 1.58. The lowest BCUT2D eigenvalue weighted by Crippen LogP contribution is -2.34. The Morgan fingerprint density at radius 1 is 0.667 bits per heavy atom. The Morgan fingerprint density at radius 3 is 1.72 bits per heavy atom. The Labute approximate surface area is 236 Å². The lowest BCUT2D eigenvalue weighted by molar-refractivity contribution is -0.147. The average Bonchev–Trinajstić information content (AvgIpc) is 2.95. The number of hydrogen-bond acceptors (Lipinski definition) is 2. The largest absolute Gasteiger partial charge is 0.424 e. The molecule has 0 amide bonds. The van der Waals surface area contributed by atoms with E-state index in [4.69, 9.17) is 4.74 Å². The third-order valence-corrected chi connectivity index (χ3v) is 7.56. The summed E-state index contributed by atoms with van der Waals surface area (Å²) in [7, 11) is 0. The van der Waals surface area contributed by atoms with Crippen LogP contribution in [0, 0.1) is 0 Å². The van der Waals surface area contributed by atoms with Gasteiger partial charge in [-0.25, -0.2) is 9.18 Å². The van der Waals surface area contributed by atoms with Crippen LogP contribution in [0.5, 0.6) is 5.75 Å². The van der Waals surface area contributed by atoms with Gasteiger partial charge in [0.25, 0.3) is 0 Å². The Bertz CT molecular complexity index is 1120. The van der Waals surface area contributed by atoms with E-state index < -0.39 is 11.6 Å². The van der Waals surface area contributed by atoms with Crippen LogP contribution >= 0.6 is 0 Å². The van der Waals surface area contributed by atoms with Gasteiger partial charge in [0, 0.05) is 0 Å². The molecule has 3 heteroatoms. The summed E-state index contributed by atoms with van der Waals surface area (Å²) in [6, 6.07) is 24.6. The molecule has 0 aromatic heterocycles. The minimum Gasteiger partial charge on any atom is -0.424 e. The number of carbonyl (C=O) groups is 1. The minimum atomic E-state index is -1.98. The van der Waals surface area contributed by atoms with E-state index in [0.717, 1.165) is 36.0 Å². The molecule has 0 aliphatic rings. The fourth-order valence-corrected chi connectivity index (χ4v) is 5.03. The summed E-state index contributed by atoms with van der Waals surface area (Å²) in [5.74, 6) is -0.437. The molecule has 0 saturated carbocycles. The monoisotopic (exact) mass is 530 g/mol. The molecular weight excluding hydrogens is 483 g/mol. The lowest BCUT2D eigenvalue weighted by atomic mass is 9.93. The van der Waals surface area contributed by atoms with Gasteiger partial charge in [-0.3, -0.25) is 0 Å². The van der Waals surface area contributed by atoms with Crippen molar-refractivity contribution in [3.05, 3.63) is 78.4 Å². The second kappa shape index (κ2) is 16.2. The smallest absolute Gasteiger partial charge is 0.348 e. The number of esters is 1. The van der Waals surface area contributed by atoms with Crippen LogP contribution in [0.3, 0.4) is 0 Å². The van der Waals surface area contributed by atoms with E-state index in [1.165, 1.54) is 69.4 Å². The predicted molar refractivity (Wildman–Crippen MR) is 163 cm³/mol.